The second kappa shape index (κ2) is 4.09. The van der Waals surface area contributed by atoms with Crippen molar-refractivity contribution < 1.29 is 0 Å². The van der Waals surface area contributed by atoms with Gasteiger partial charge in [0.2, 0.25) is 0 Å². The van der Waals surface area contributed by atoms with Crippen LogP contribution in [0.25, 0.3) is 0 Å². The fourth-order valence-electron chi connectivity index (χ4n) is 1.03. The van der Waals surface area contributed by atoms with Gasteiger partial charge in [0.15, 0.2) is 5.82 Å². The van der Waals surface area contributed by atoms with Gasteiger partial charge in [0.1, 0.15) is 11.0 Å². The number of pyridine rings is 1. The van der Waals surface area contributed by atoms with Crippen molar-refractivity contribution in [3.05, 3.63) is 23.1 Å². The van der Waals surface area contributed by atoms with E-state index in [1.165, 1.54) is 0 Å². The highest BCUT2D eigenvalue weighted by atomic mass is 35.5. The van der Waals surface area contributed by atoms with Gasteiger partial charge in [-0.25, -0.2) is 4.98 Å². The van der Waals surface area contributed by atoms with E-state index in [0.29, 0.717) is 29.0 Å². The average molecular weight is 226 g/mol. The van der Waals surface area contributed by atoms with Crippen LogP contribution in [0.5, 0.6) is 0 Å². The highest BCUT2D eigenvalue weighted by Gasteiger charge is 2.01. The lowest BCUT2D eigenvalue weighted by Gasteiger charge is -2.03. The Balaban J connectivity index is 2.05. The Morgan fingerprint density at radius 2 is 2.33 bits per heavy atom. The standard InChI is InChI=1S/C7H8ClN7/c8-5-1-4(9)2-6(11-5)10-3-7-12-14-15-13-7/h1-2H,3H2,(H3,9,10,11)(H,12,13,14,15). The van der Waals surface area contributed by atoms with Crippen molar-refractivity contribution in [3.8, 4) is 0 Å². The maximum Gasteiger partial charge on any atom is 0.193 e. The maximum atomic E-state index is 5.73. The summed E-state index contributed by atoms with van der Waals surface area (Å²) in [6, 6.07) is 3.24. The molecule has 0 aliphatic heterocycles. The van der Waals surface area contributed by atoms with Gasteiger partial charge in [0.25, 0.3) is 0 Å². The van der Waals surface area contributed by atoms with Gasteiger partial charge in [-0.2, -0.15) is 5.21 Å². The number of hydrogen-bond donors (Lipinski definition) is 3. The molecule has 2 aromatic heterocycles. The molecule has 2 rings (SSSR count). The molecule has 2 heterocycles. The number of tetrazole rings is 1. The van der Waals surface area contributed by atoms with Crippen molar-refractivity contribution in [2.45, 2.75) is 6.54 Å². The summed E-state index contributed by atoms with van der Waals surface area (Å²) in [6.45, 7) is 0.406. The lowest BCUT2D eigenvalue weighted by Crippen LogP contribution is -2.03. The number of nitrogens with two attached hydrogens (primary N) is 1. The average Bonchev–Trinajstić information content (AvgIpc) is 2.65. The first kappa shape index (κ1) is 9.66. The minimum absolute atomic E-state index is 0.339. The Kier molecular flexibility index (Phi) is 2.64. The van der Waals surface area contributed by atoms with Crippen molar-refractivity contribution in [3.63, 3.8) is 0 Å². The van der Waals surface area contributed by atoms with E-state index in [4.69, 9.17) is 17.3 Å². The van der Waals surface area contributed by atoms with Crippen LogP contribution in [0.15, 0.2) is 12.1 Å². The molecule has 0 aliphatic rings. The van der Waals surface area contributed by atoms with Crippen LogP contribution in [0.2, 0.25) is 5.15 Å². The summed E-state index contributed by atoms with van der Waals surface area (Å²) >= 11 is 5.73. The van der Waals surface area contributed by atoms with Gasteiger partial charge in [-0.15, -0.1) is 10.2 Å². The van der Waals surface area contributed by atoms with Gasteiger partial charge in [-0.3, -0.25) is 0 Å². The third kappa shape index (κ3) is 2.53. The summed E-state index contributed by atoms with van der Waals surface area (Å²) in [7, 11) is 0. The number of hydrogen-bond acceptors (Lipinski definition) is 6. The highest BCUT2D eigenvalue weighted by molar-refractivity contribution is 6.29. The molecule has 0 radical (unpaired) electrons. The lowest BCUT2D eigenvalue weighted by molar-refractivity contribution is 0.881. The zero-order valence-electron chi connectivity index (χ0n) is 7.61. The summed E-state index contributed by atoms with van der Waals surface area (Å²) < 4.78 is 0. The molecule has 0 saturated heterocycles. The first-order valence-electron chi connectivity index (χ1n) is 4.13. The Bertz CT molecular complexity index is 420. The van der Waals surface area contributed by atoms with Crippen molar-refractivity contribution in [2.24, 2.45) is 0 Å². The van der Waals surface area contributed by atoms with E-state index in [2.05, 4.69) is 30.9 Å². The Labute approximate surface area is 90.0 Å². The molecular formula is C7H8ClN7. The second-order valence-corrected chi connectivity index (χ2v) is 3.18. The summed E-state index contributed by atoms with van der Waals surface area (Å²) in [4.78, 5) is 4.02. The van der Waals surface area contributed by atoms with Crippen molar-refractivity contribution >= 4 is 23.1 Å². The summed E-state index contributed by atoms with van der Waals surface area (Å²) in [5.74, 6) is 1.11. The highest BCUT2D eigenvalue weighted by Crippen LogP contribution is 2.15. The lowest BCUT2D eigenvalue weighted by atomic mass is 10.4. The Morgan fingerprint density at radius 1 is 1.47 bits per heavy atom. The van der Waals surface area contributed by atoms with E-state index in [1.54, 1.807) is 12.1 Å². The molecule has 0 amide bonds. The molecule has 0 saturated carbocycles. The van der Waals surface area contributed by atoms with Crippen LogP contribution in [0.4, 0.5) is 11.5 Å². The minimum Gasteiger partial charge on any atom is -0.399 e. The normalized spacial score (nSPS) is 10.2. The number of aromatic amines is 1. The van der Waals surface area contributed by atoms with Crippen LogP contribution < -0.4 is 11.1 Å². The first-order chi connectivity index (χ1) is 7.24. The fraction of sp³-hybridized carbons (Fsp3) is 0.143. The quantitative estimate of drug-likeness (QED) is 0.655. The third-order valence-corrected chi connectivity index (χ3v) is 1.83. The monoisotopic (exact) mass is 225 g/mol. The molecule has 2 aromatic rings. The zero-order valence-corrected chi connectivity index (χ0v) is 8.36. The van der Waals surface area contributed by atoms with Crippen LogP contribution in [-0.4, -0.2) is 25.6 Å². The molecule has 0 fully saturated rings. The number of halogens is 1. The van der Waals surface area contributed by atoms with Crippen molar-refractivity contribution in [1.29, 1.82) is 0 Å². The van der Waals surface area contributed by atoms with Gasteiger partial charge < -0.3 is 11.1 Å². The van der Waals surface area contributed by atoms with Crippen LogP contribution in [0.3, 0.4) is 0 Å². The van der Waals surface area contributed by atoms with Gasteiger partial charge in [0.05, 0.1) is 6.54 Å². The van der Waals surface area contributed by atoms with E-state index in [1.807, 2.05) is 0 Å². The molecule has 0 bridgehead atoms. The second-order valence-electron chi connectivity index (χ2n) is 2.79. The van der Waals surface area contributed by atoms with Gasteiger partial charge in [0, 0.05) is 11.8 Å². The van der Waals surface area contributed by atoms with Gasteiger partial charge >= 0.3 is 0 Å². The third-order valence-electron chi connectivity index (χ3n) is 1.63. The van der Waals surface area contributed by atoms with Crippen molar-refractivity contribution in [1.82, 2.24) is 25.6 Å². The molecule has 0 atom stereocenters. The van der Waals surface area contributed by atoms with Gasteiger partial charge in [-0.1, -0.05) is 16.8 Å². The molecule has 4 N–H and O–H groups in total. The maximum absolute atomic E-state index is 5.73. The minimum atomic E-state index is 0.339. The Hall–Kier alpha value is -1.89. The van der Waals surface area contributed by atoms with E-state index >= 15 is 0 Å². The largest absolute Gasteiger partial charge is 0.399 e. The Morgan fingerprint density at radius 3 is 3.00 bits per heavy atom. The van der Waals surface area contributed by atoms with E-state index in [0.717, 1.165) is 0 Å². The number of nitrogens with one attached hydrogen (secondary N) is 2. The van der Waals surface area contributed by atoms with Crippen molar-refractivity contribution in [2.75, 3.05) is 11.1 Å². The number of nitrogens with zero attached hydrogens (tertiary/aromatic N) is 4. The molecule has 0 aromatic carbocycles. The molecule has 15 heavy (non-hydrogen) atoms. The number of H-pyrrole nitrogens is 1. The molecule has 0 unspecified atom stereocenters. The van der Waals surface area contributed by atoms with E-state index in [-0.39, 0.29) is 0 Å². The smallest absolute Gasteiger partial charge is 0.193 e. The van der Waals surface area contributed by atoms with Crippen LogP contribution in [0, 0.1) is 0 Å². The fourth-order valence-corrected chi connectivity index (χ4v) is 1.25. The molecular weight excluding hydrogens is 218 g/mol. The number of anilines is 2. The molecule has 0 aliphatic carbocycles. The number of aromatic nitrogens is 5. The van der Waals surface area contributed by atoms with E-state index in [9.17, 15) is 0 Å². The van der Waals surface area contributed by atoms with Gasteiger partial charge in [-0.05, 0) is 6.07 Å². The SMILES string of the molecule is Nc1cc(Cl)nc(NCc2nn[nH]n2)c1. The number of nitrogen functional groups attached to an aromatic ring is 1. The predicted octanol–water partition coefficient (Wildman–Crippen LogP) is 0.442. The summed E-state index contributed by atoms with van der Waals surface area (Å²) in [5, 5.41) is 16.6. The van der Waals surface area contributed by atoms with E-state index < -0.39 is 0 Å². The zero-order chi connectivity index (χ0) is 10.7. The molecule has 78 valence electrons. The van der Waals surface area contributed by atoms with Crippen LogP contribution in [-0.2, 0) is 6.54 Å². The number of rotatable bonds is 3. The summed E-state index contributed by atoms with van der Waals surface area (Å²) in [5.41, 5.74) is 6.14. The molecule has 8 heteroatoms. The predicted molar refractivity (Wildman–Crippen MR) is 55.2 cm³/mol. The topological polar surface area (TPSA) is 105 Å². The summed E-state index contributed by atoms with van der Waals surface area (Å²) in [6.07, 6.45) is 0. The van der Waals surface area contributed by atoms with Crippen LogP contribution in [0.1, 0.15) is 5.82 Å². The first-order valence-corrected chi connectivity index (χ1v) is 4.51. The van der Waals surface area contributed by atoms with Crippen LogP contribution >= 0.6 is 11.6 Å². The molecule has 7 nitrogen and oxygen atoms in total. The molecule has 0 spiro atoms.